The molecule has 4 heteroatoms. The van der Waals surface area contributed by atoms with E-state index in [-0.39, 0.29) is 5.92 Å². The molecule has 112 valence electrons. The number of aryl methyl sites for hydroxylation is 1. The molecule has 0 radical (unpaired) electrons. The van der Waals surface area contributed by atoms with Crippen LogP contribution in [0.15, 0.2) is 46.9 Å². The van der Waals surface area contributed by atoms with Crippen LogP contribution in [0.2, 0.25) is 0 Å². The predicted octanol–water partition coefficient (Wildman–Crippen LogP) is 3.54. The molecule has 0 aliphatic heterocycles. The number of ether oxygens (including phenoxy) is 1. The molecule has 0 heterocycles. The Kier molecular flexibility index (Phi) is 5.39. The monoisotopic (exact) mass is 349 g/mol. The fourth-order valence-electron chi connectivity index (χ4n) is 2.43. The first-order valence-electron chi connectivity index (χ1n) is 6.85. The van der Waals surface area contributed by atoms with E-state index in [4.69, 9.17) is 10.5 Å². The van der Waals surface area contributed by atoms with Gasteiger partial charge in [0.15, 0.2) is 0 Å². The molecule has 3 nitrogen and oxygen atoms in total. The molecule has 0 bridgehead atoms. The molecule has 2 aromatic carbocycles. The lowest BCUT2D eigenvalue weighted by Gasteiger charge is -2.24. The molecule has 0 saturated heterocycles. The van der Waals surface area contributed by atoms with Gasteiger partial charge in [-0.05, 0) is 36.2 Å². The summed E-state index contributed by atoms with van der Waals surface area (Å²) < 4.78 is 6.14. The van der Waals surface area contributed by atoms with Gasteiger partial charge in [0.2, 0.25) is 0 Å². The molecule has 3 N–H and O–H groups in total. The van der Waals surface area contributed by atoms with Crippen molar-refractivity contribution in [2.45, 2.75) is 18.9 Å². The maximum atomic E-state index is 10.8. The average Bonchev–Trinajstić information content (AvgIpc) is 2.50. The molecule has 0 aliphatic carbocycles. The Morgan fingerprint density at radius 1 is 1.24 bits per heavy atom. The molecule has 0 amide bonds. The third-order valence-electron chi connectivity index (χ3n) is 3.63. The van der Waals surface area contributed by atoms with Crippen LogP contribution in [-0.2, 0) is 0 Å². The number of aliphatic hydroxyl groups is 1. The van der Waals surface area contributed by atoms with Gasteiger partial charge in [-0.2, -0.15) is 0 Å². The summed E-state index contributed by atoms with van der Waals surface area (Å²) >= 11 is 3.50. The normalized spacial score (nSPS) is 13.8. The number of nitrogens with two attached hydrogens (primary N) is 1. The number of rotatable bonds is 5. The second kappa shape index (κ2) is 7.07. The Labute approximate surface area is 133 Å². The summed E-state index contributed by atoms with van der Waals surface area (Å²) in [5.41, 5.74) is 8.84. The average molecular weight is 350 g/mol. The van der Waals surface area contributed by atoms with Crippen molar-refractivity contribution in [3.05, 3.63) is 63.6 Å². The molecule has 2 atom stereocenters. The largest absolute Gasteiger partial charge is 0.497 e. The summed E-state index contributed by atoms with van der Waals surface area (Å²) in [4.78, 5) is 0. The van der Waals surface area contributed by atoms with E-state index in [1.54, 1.807) is 7.11 Å². The summed E-state index contributed by atoms with van der Waals surface area (Å²) in [5.74, 6) is 0.583. The molecule has 0 fully saturated rings. The van der Waals surface area contributed by atoms with E-state index in [1.807, 2.05) is 49.4 Å². The van der Waals surface area contributed by atoms with E-state index in [9.17, 15) is 5.11 Å². The minimum Gasteiger partial charge on any atom is -0.497 e. The van der Waals surface area contributed by atoms with E-state index in [1.165, 1.54) is 0 Å². The summed E-state index contributed by atoms with van der Waals surface area (Å²) in [6.45, 7) is 2.36. The summed E-state index contributed by atoms with van der Waals surface area (Å²) in [6, 6.07) is 13.6. The van der Waals surface area contributed by atoms with E-state index >= 15 is 0 Å². The third-order valence-corrected chi connectivity index (χ3v) is 4.35. The second-order valence-corrected chi connectivity index (χ2v) is 5.94. The molecule has 2 unspecified atom stereocenters. The molecule has 2 aromatic rings. The first kappa shape index (κ1) is 16.0. The maximum absolute atomic E-state index is 10.8. The van der Waals surface area contributed by atoms with Crippen LogP contribution < -0.4 is 10.5 Å². The van der Waals surface area contributed by atoms with Gasteiger partial charge in [0.05, 0.1) is 13.2 Å². The molecular weight excluding hydrogens is 330 g/mol. The smallest absolute Gasteiger partial charge is 0.119 e. The second-order valence-electron chi connectivity index (χ2n) is 5.09. The minimum absolute atomic E-state index is 0.182. The highest BCUT2D eigenvalue weighted by Crippen LogP contribution is 2.35. The van der Waals surface area contributed by atoms with Gasteiger partial charge < -0.3 is 15.6 Å². The number of hydrogen-bond acceptors (Lipinski definition) is 3. The zero-order chi connectivity index (χ0) is 15.4. The van der Waals surface area contributed by atoms with Crippen LogP contribution in [0.5, 0.6) is 5.75 Å². The Hall–Kier alpha value is -1.36. The first-order valence-corrected chi connectivity index (χ1v) is 7.64. The summed E-state index contributed by atoms with van der Waals surface area (Å²) in [5, 5.41) is 10.8. The lowest BCUT2D eigenvalue weighted by molar-refractivity contribution is 0.146. The van der Waals surface area contributed by atoms with E-state index in [0.29, 0.717) is 6.54 Å². The van der Waals surface area contributed by atoms with Gasteiger partial charge in [-0.1, -0.05) is 45.8 Å². The van der Waals surface area contributed by atoms with Crippen molar-refractivity contribution in [1.29, 1.82) is 0 Å². The van der Waals surface area contributed by atoms with Crippen LogP contribution in [0.3, 0.4) is 0 Å². The van der Waals surface area contributed by atoms with Crippen molar-refractivity contribution in [3.63, 3.8) is 0 Å². The van der Waals surface area contributed by atoms with Gasteiger partial charge >= 0.3 is 0 Å². The molecular formula is C17H20BrNO2. The van der Waals surface area contributed by atoms with Crippen LogP contribution in [-0.4, -0.2) is 18.8 Å². The number of aliphatic hydroxyl groups excluding tert-OH is 1. The van der Waals surface area contributed by atoms with Crippen molar-refractivity contribution in [1.82, 2.24) is 0 Å². The van der Waals surface area contributed by atoms with Crippen LogP contribution >= 0.6 is 15.9 Å². The van der Waals surface area contributed by atoms with Crippen LogP contribution in [0.4, 0.5) is 0 Å². The van der Waals surface area contributed by atoms with Gasteiger partial charge in [-0.25, -0.2) is 0 Å². The van der Waals surface area contributed by atoms with Gasteiger partial charge in [-0.15, -0.1) is 0 Å². The van der Waals surface area contributed by atoms with Gasteiger partial charge in [0.25, 0.3) is 0 Å². The van der Waals surface area contributed by atoms with Gasteiger partial charge in [-0.3, -0.25) is 0 Å². The van der Waals surface area contributed by atoms with E-state index in [2.05, 4.69) is 15.9 Å². The quantitative estimate of drug-likeness (QED) is 0.867. The number of methoxy groups -OCH3 is 1. The Bertz CT molecular complexity index is 615. The lowest BCUT2D eigenvalue weighted by atomic mass is 9.88. The van der Waals surface area contributed by atoms with Crippen molar-refractivity contribution in [2.24, 2.45) is 5.73 Å². The third kappa shape index (κ3) is 3.64. The lowest BCUT2D eigenvalue weighted by Crippen LogP contribution is -2.20. The topological polar surface area (TPSA) is 55.5 Å². The SMILES string of the molecule is COc1cccc(C(CN)C(O)c2cc(C)ccc2Br)c1. The van der Waals surface area contributed by atoms with Crippen molar-refractivity contribution in [3.8, 4) is 5.75 Å². The van der Waals surface area contributed by atoms with E-state index < -0.39 is 6.10 Å². The Morgan fingerprint density at radius 2 is 2.00 bits per heavy atom. The Morgan fingerprint density at radius 3 is 2.67 bits per heavy atom. The zero-order valence-electron chi connectivity index (χ0n) is 12.2. The molecule has 0 spiro atoms. The number of benzene rings is 2. The van der Waals surface area contributed by atoms with E-state index in [0.717, 1.165) is 26.9 Å². The van der Waals surface area contributed by atoms with Crippen molar-refractivity contribution < 1.29 is 9.84 Å². The van der Waals surface area contributed by atoms with Crippen molar-refractivity contribution >= 4 is 15.9 Å². The summed E-state index contributed by atoms with van der Waals surface area (Å²) in [7, 11) is 1.63. The van der Waals surface area contributed by atoms with Gasteiger partial charge in [0, 0.05) is 16.9 Å². The number of halogens is 1. The number of hydrogen-bond donors (Lipinski definition) is 2. The van der Waals surface area contributed by atoms with Gasteiger partial charge in [0.1, 0.15) is 5.75 Å². The highest BCUT2D eigenvalue weighted by molar-refractivity contribution is 9.10. The Balaban J connectivity index is 2.37. The van der Waals surface area contributed by atoms with Crippen LogP contribution in [0.25, 0.3) is 0 Å². The first-order chi connectivity index (χ1) is 10.1. The van der Waals surface area contributed by atoms with Crippen LogP contribution in [0.1, 0.15) is 28.7 Å². The molecule has 21 heavy (non-hydrogen) atoms. The highest BCUT2D eigenvalue weighted by atomic mass is 79.9. The standard InChI is InChI=1S/C17H20BrNO2/c1-11-6-7-16(18)14(8-11)17(20)15(10-19)12-4-3-5-13(9-12)21-2/h3-9,15,17,20H,10,19H2,1-2H3. The summed E-state index contributed by atoms with van der Waals surface area (Å²) in [6.07, 6.45) is -0.670. The zero-order valence-corrected chi connectivity index (χ0v) is 13.8. The maximum Gasteiger partial charge on any atom is 0.119 e. The highest BCUT2D eigenvalue weighted by Gasteiger charge is 2.23. The van der Waals surface area contributed by atoms with Crippen LogP contribution in [0, 0.1) is 6.92 Å². The molecule has 0 aromatic heterocycles. The van der Waals surface area contributed by atoms with Crippen molar-refractivity contribution in [2.75, 3.05) is 13.7 Å². The molecule has 0 aliphatic rings. The molecule has 0 saturated carbocycles. The fourth-order valence-corrected chi connectivity index (χ4v) is 2.91. The predicted molar refractivity (Wildman–Crippen MR) is 88.6 cm³/mol. The minimum atomic E-state index is -0.670. The fraction of sp³-hybridized carbons (Fsp3) is 0.294. The molecule has 2 rings (SSSR count).